The van der Waals surface area contributed by atoms with Crippen molar-refractivity contribution in [1.82, 2.24) is 10.2 Å². The van der Waals surface area contributed by atoms with Crippen LogP contribution in [0.25, 0.3) is 6.08 Å². The quantitative estimate of drug-likeness (QED) is 0.430. The minimum Gasteiger partial charge on any atom is -0.544 e. The van der Waals surface area contributed by atoms with Gasteiger partial charge in [0.25, 0.3) is 5.22 Å². The highest BCUT2D eigenvalue weighted by molar-refractivity contribution is 8.03. The summed E-state index contributed by atoms with van der Waals surface area (Å²) in [5.74, 6) is -0.539. The Labute approximate surface area is 162 Å². The number of nitrogens with zero attached hydrogens (tertiary/aromatic N) is 2. The van der Waals surface area contributed by atoms with E-state index in [0.29, 0.717) is 28.2 Å². The molecule has 0 spiro atoms. The highest BCUT2D eigenvalue weighted by atomic mass is 35.5. The maximum Gasteiger partial charge on any atom is 0.281 e. The molecule has 2 heterocycles. The number of carboxylic acid groups (broad SMARTS) is 1. The smallest absolute Gasteiger partial charge is 0.281 e. The van der Waals surface area contributed by atoms with Crippen LogP contribution in [0.2, 0.25) is 5.02 Å². The van der Waals surface area contributed by atoms with Crippen molar-refractivity contribution in [2.75, 3.05) is 0 Å². The van der Waals surface area contributed by atoms with Gasteiger partial charge in [-0.3, -0.25) is 0 Å². The van der Waals surface area contributed by atoms with E-state index in [1.54, 1.807) is 24.3 Å². The van der Waals surface area contributed by atoms with Crippen LogP contribution in [0, 0.1) is 0 Å². The molecule has 0 aliphatic heterocycles. The van der Waals surface area contributed by atoms with Gasteiger partial charge < -0.3 is 18.7 Å². The number of hydrogen-bond acceptors (Lipinski definition) is 8. The molecule has 2 aromatic heterocycles. The number of carbonyl (C=O) groups excluding carboxylic acids is 1. The van der Waals surface area contributed by atoms with Crippen LogP contribution in [-0.4, -0.2) is 16.2 Å². The number of aliphatic carboxylic acids is 1. The average Bonchev–Trinajstić information content (AvgIpc) is 3.25. The lowest BCUT2D eigenvalue weighted by Gasteiger charge is -2.04. The molecule has 26 heavy (non-hydrogen) atoms. The maximum atomic E-state index is 11.4. The summed E-state index contributed by atoms with van der Waals surface area (Å²) in [7, 11) is 0. The number of carboxylic acids is 1. The molecule has 0 saturated heterocycles. The summed E-state index contributed by atoms with van der Waals surface area (Å²) in [4.78, 5) is 12.2. The number of benzene rings is 1. The van der Waals surface area contributed by atoms with Gasteiger partial charge in [0.15, 0.2) is 5.09 Å². The standard InChI is InChI=1S/C17H13ClN2O4S2/c1-2-14-19-20-17(24-14)26-13(16(21)22)9-11-5-8-15(23-11)25-12-6-3-10(18)4-7-12/h3-9H,2H2,1H3,(H,21,22)/p-1/b13-9-. The number of carbonyl (C=O) groups is 1. The molecule has 0 atom stereocenters. The molecule has 0 N–H and O–H groups in total. The topological polar surface area (TPSA) is 92.2 Å². The zero-order valence-corrected chi connectivity index (χ0v) is 15.9. The third-order valence-electron chi connectivity index (χ3n) is 3.06. The van der Waals surface area contributed by atoms with Crippen LogP contribution >= 0.6 is 35.1 Å². The Bertz CT molecular complexity index is 934. The van der Waals surface area contributed by atoms with Crippen LogP contribution in [-0.2, 0) is 11.2 Å². The number of rotatable bonds is 7. The molecule has 6 nitrogen and oxygen atoms in total. The molecule has 1 aromatic carbocycles. The number of hydrogen-bond donors (Lipinski definition) is 0. The highest BCUT2D eigenvalue weighted by Crippen LogP contribution is 2.32. The molecule has 0 saturated carbocycles. The second kappa shape index (κ2) is 8.48. The third-order valence-corrected chi connectivity index (χ3v) is 5.08. The van der Waals surface area contributed by atoms with Gasteiger partial charge in [-0.15, -0.1) is 10.2 Å². The van der Waals surface area contributed by atoms with E-state index in [0.717, 1.165) is 16.7 Å². The molecule has 0 unspecified atom stereocenters. The number of aromatic nitrogens is 2. The summed E-state index contributed by atoms with van der Waals surface area (Å²) in [6.45, 7) is 1.86. The van der Waals surface area contributed by atoms with Crippen LogP contribution in [0.1, 0.15) is 18.6 Å². The summed E-state index contributed by atoms with van der Waals surface area (Å²) in [6.07, 6.45) is 1.93. The molecule has 0 amide bonds. The Hall–Kier alpha value is -2.16. The van der Waals surface area contributed by atoms with E-state index in [1.807, 2.05) is 19.1 Å². The van der Waals surface area contributed by atoms with Crippen molar-refractivity contribution in [2.45, 2.75) is 28.6 Å². The summed E-state index contributed by atoms with van der Waals surface area (Å²) in [6, 6.07) is 10.7. The molecule has 3 rings (SSSR count). The molecular formula is C17H12ClN2O4S2-. The number of aryl methyl sites for hydroxylation is 1. The molecule has 9 heteroatoms. The minimum absolute atomic E-state index is 0.0892. The van der Waals surface area contributed by atoms with Gasteiger partial charge in [0.1, 0.15) is 5.76 Å². The Morgan fingerprint density at radius 2 is 1.96 bits per heavy atom. The zero-order valence-electron chi connectivity index (χ0n) is 13.5. The van der Waals surface area contributed by atoms with E-state index in [2.05, 4.69) is 10.2 Å². The molecule has 0 bridgehead atoms. The molecule has 134 valence electrons. The molecule has 0 radical (unpaired) electrons. The van der Waals surface area contributed by atoms with Gasteiger partial charge >= 0.3 is 0 Å². The van der Waals surface area contributed by atoms with Gasteiger partial charge in [0.2, 0.25) is 5.89 Å². The normalized spacial score (nSPS) is 11.7. The maximum absolute atomic E-state index is 11.4. The van der Waals surface area contributed by atoms with Crippen molar-refractivity contribution in [3.05, 3.63) is 58.0 Å². The van der Waals surface area contributed by atoms with Crippen molar-refractivity contribution in [3.8, 4) is 0 Å². The van der Waals surface area contributed by atoms with Crippen LogP contribution in [0.3, 0.4) is 0 Å². The van der Waals surface area contributed by atoms with Crippen molar-refractivity contribution < 1.29 is 18.7 Å². The number of thioether (sulfide) groups is 1. The Kier molecular flexibility index (Phi) is 6.08. The fraction of sp³-hybridized carbons (Fsp3) is 0.118. The lowest BCUT2D eigenvalue weighted by Crippen LogP contribution is -2.22. The first-order chi connectivity index (χ1) is 12.5. The van der Waals surface area contributed by atoms with Gasteiger partial charge in [-0.1, -0.05) is 30.3 Å². The Morgan fingerprint density at radius 1 is 1.19 bits per heavy atom. The van der Waals surface area contributed by atoms with E-state index in [4.69, 9.17) is 20.4 Å². The van der Waals surface area contributed by atoms with E-state index in [9.17, 15) is 9.90 Å². The Balaban J connectivity index is 1.74. The first kappa shape index (κ1) is 18.6. The van der Waals surface area contributed by atoms with Gasteiger partial charge in [-0.2, -0.15) is 0 Å². The Morgan fingerprint density at radius 3 is 2.62 bits per heavy atom. The van der Waals surface area contributed by atoms with Crippen molar-refractivity contribution in [1.29, 1.82) is 0 Å². The van der Waals surface area contributed by atoms with Gasteiger partial charge in [0.05, 0.1) is 5.97 Å². The third kappa shape index (κ3) is 4.94. The molecular weight excluding hydrogens is 396 g/mol. The van der Waals surface area contributed by atoms with E-state index in [-0.39, 0.29) is 10.1 Å². The second-order valence-corrected chi connectivity index (χ2v) is 7.43. The largest absolute Gasteiger partial charge is 0.544 e. The summed E-state index contributed by atoms with van der Waals surface area (Å²) in [5, 5.41) is 20.4. The van der Waals surface area contributed by atoms with Crippen LogP contribution in [0.5, 0.6) is 0 Å². The number of furan rings is 1. The average molecular weight is 408 g/mol. The second-order valence-electron chi connectivity index (χ2n) is 4.93. The first-order valence-electron chi connectivity index (χ1n) is 7.50. The predicted molar refractivity (Wildman–Crippen MR) is 96.8 cm³/mol. The fourth-order valence-electron chi connectivity index (χ4n) is 1.86. The SMILES string of the molecule is CCc1nnc(S/C(=C\c2ccc(Sc3ccc(Cl)cc3)o2)C(=O)[O-])o1. The lowest BCUT2D eigenvalue weighted by atomic mass is 10.4. The summed E-state index contributed by atoms with van der Waals surface area (Å²) in [5.41, 5.74) is 0. The van der Waals surface area contributed by atoms with E-state index < -0.39 is 5.97 Å². The van der Waals surface area contributed by atoms with Crippen LogP contribution in [0.4, 0.5) is 0 Å². The van der Waals surface area contributed by atoms with Gasteiger partial charge in [-0.05, 0) is 54.2 Å². The fourth-order valence-corrected chi connectivity index (χ4v) is 3.43. The van der Waals surface area contributed by atoms with E-state index >= 15 is 0 Å². The zero-order chi connectivity index (χ0) is 18.5. The molecule has 0 aliphatic carbocycles. The molecule has 3 aromatic rings. The van der Waals surface area contributed by atoms with Crippen LogP contribution < -0.4 is 5.11 Å². The molecule has 0 aliphatic rings. The summed E-state index contributed by atoms with van der Waals surface area (Å²) >= 11 is 8.08. The molecule has 0 fully saturated rings. The van der Waals surface area contributed by atoms with Gasteiger partial charge in [0, 0.05) is 21.2 Å². The lowest BCUT2D eigenvalue weighted by molar-refractivity contribution is -0.298. The minimum atomic E-state index is -1.35. The van der Waals surface area contributed by atoms with Gasteiger partial charge in [-0.25, -0.2) is 0 Å². The van der Waals surface area contributed by atoms with E-state index in [1.165, 1.54) is 17.8 Å². The van der Waals surface area contributed by atoms with Crippen molar-refractivity contribution >= 4 is 47.2 Å². The van der Waals surface area contributed by atoms with Crippen LogP contribution in [0.15, 0.2) is 65.3 Å². The van der Waals surface area contributed by atoms with Crippen molar-refractivity contribution in [2.24, 2.45) is 0 Å². The highest BCUT2D eigenvalue weighted by Gasteiger charge is 2.11. The first-order valence-corrected chi connectivity index (χ1v) is 9.51. The van der Waals surface area contributed by atoms with Crippen molar-refractivity contribution in [3.63, 3.8) is 0 Å². The summed E-state index contributed by atoms with van der Waals surface area (Å²) < 4.78 is 11.0. The predicted octanol–water partition coefficient (Wildman–Crippen LogP) is 3.91. The number of halogens is 1. The monoisotopic (exact) mass is 407 g/mol.